The van der Waals surface area contributed by atoms with E-state index in [0.717, 1.165) is 0 Å². The molecule has 162 valence electrons. The highest BCUT2D eigenvalue weighted by Gasteiger charge is 2.48. The summed E-state index contributed by atoms with van der Waals surface area (Å²) in [6.45, 7) is 16.8. The number of fused-ring (bicyclic) bond motifs is 2. The highest BCUT2D eigenvalue weighted by Crippen LogP contribution is 2.58. The van der Waals surface area contributed by atoms with Gasteiger partial charge in [-0.15, -0.1) is 0 Å². The number of allylic oxidation sites excluding steroid dienone is 5. The van der Waals surface area contributed by atoms with Crippen LogP contribution in [0.3, 0.4) is 0 Å². The van der Waals surface area contributed by atoms with Gasteiger partial charge in [0.25, 0.3) is 0 Å². The fourth-order valence-electron chi connectivity index (χ4n) is 6.79. The van der Waals surface area contributed by atoms with Gasteiger partial charge < -0.3 is 0 Å². The third-order valence-electron chi connectivity index (χ3n) is 9.36. The number of benzene rings is 1. The Kier molecular flexibility index (Phi) is 5.67. The van der Waals surface area contributed by atoms with Crippen molar-refractivity contribution >= 4 is 6.08 Å². The van der Waals surface area contributed by atoms with Gasteiger partial charge in [-0.2, -0.15) is 0 Å². The zero-order chi connectivity index (χ0) is 21.7. The predicted octanol–water partition coefficient (Wildman–Crippen LogP) is 8.88. The Bertz CT molecular complexity index is 924. The molecule has 0 N–H and O–H groups in total. The number of unbranched alkanes of at least 4 members (excludes halogenated alkanes) is 2. The molecule has 0 heteroatoms. The molecule has 0 fully saturated rings. The molecule has 0 saturated carbocycles. The second-order valence-corrected chi connectivity index (χ2v) is 10.8. The molecule has 0 spiro atoms. The minimum atomic E-state index is 0.174. The Morgan fingerprint density at radius 2 is 1.43 bits per heavy atom. The van der Waals surface area contributed by atoms with Crippen LogP contribution in [-0.4, -0.2) is 0 Å². The van der Waals surface area contributed by atoms with Crippen LogP contribution in [0.2, 0.25) is 0 Å². The molecular formula is C30H42. The Morgan fingerprint density at radius 3 is 2.03 bits per heavy atom. The lowest BCUT2D eigenvalue weighted by molar-refractivity contribution is 0.303. The summed E-state index contributed by atoms with van der Waals surface area (Å²) in [6.07, 6.45) is 14.3. The second kappa shape index (κ2) is 7.85. The molecule has 1 atom stereocenters. The van der Waals surface area contributed by atoms with Crippen molar-refractivity contribution in [2.75, 3.05) is 0 Å². The van der Waals surface area contributed by atoms with Crippen LogP contribution in [0.15, 0.2) is 40.0 Å². The van der Waals surface area contributed by atoms with Gasteiger partial charge >= 0.3 is 0 Å². The van der Waals surface area contributed by atoms with E-state index in [0.29, 0.717) is 0 Å². The molecule has 30 heavy (non-hydrogen) atoms. The third kappa shape index (κ3) is 3.17. The molecule has 0 radical (unpaired) electrons. The smallest absolute Gasteiger partial charge is 0.0179 e. The van der Waals surface area contributed by atoms with E-state index < -0.39 is 0 Å². The van der Waals surface area contributed by atoms with E-state index in [9.17, 15) is 0 Å². The van der Waals surface area contributed by atoms with Crippen LogP contribution in [0.25, 0.3) is 6.08 Å². The van der Waals surface area contributed by atoms with Crippen LogP contribution >= 0.6 is 0 Å². The Balaban J connectivity index is 1.83. The monoisotopic (exact) mass is 402 g/mol. The molecule has 4 rings (SSSR count). The number of hydrogen-bond acceptors (Lipinski definition) is 0. The summed E-state index contributed by atoms with van der Waals surface area (Å²) in [4.78, 5) is 0. The highest BCUT2D eigenvalue weighted by atomic mass is 14.5. The van der Waals surface area contributed by atoms with Crippen LogP contribution in [0.4, 0.5) is 0 Å². The van der Waals surface area contributed by atoms with Crippen molar-refractivity contribution in [2.45, 2.75) is 112 Å². The predicted molar refractivity (Wildman–Crippen MR) is 132 cm³/mol. The van der Waals surface area contributed by atoms with Gasteiger partial charge in [-0.3, -0.25) is 0 Å². The zero-order valence-corrected chi connectivity index (χ0v) is 20.6. The average Bonchev–Trinajstić information content (AvgIpc) is 3.06. The van der Waals surface area contributed by atoms with Gasteiger partial charge in [0.1, 0.15) is 0 Å². The van der Waals surface area contributed by atoms with Gasteiger partial charge in [-0.05, 0) is 107 Å². The van der Waals surface area contributed by atoms with Gasteiger partial charge in [-0.25, -0.2) is 0 Å². The van der Waals surface area contributed by atoms with Crippen LogP contribution in [0.1, 0.15) is 116 Å². The topological polar surface area (TPSA) is 0 Å². The van der Waals surface area contributed by atoms with Crippen molar-refractivity contribution in [1.29, 1.82) is 0 Å². The van der Waals surface area contributed by atoms with Gasteiger partial charge in [0.15, 0.2) is 0 Å². The largest absolute Gasteiger partial charge is 0.0654 e. The van der Waals surface area contributed by atoms with Crippen LogP contribution in [0.5, 0.6) is 0 Å². The first-order valence-corrected chi connectivity index (χ1v) is 12.5. The van der Waals surface area contributed by atoms with Crippen molar-refractivity contribution in [1.82, 2.24) is 0 Å². The Labute approximate surface area is 185 Å². The van der Waals surface area contributed by atoms with Crippen molar-refractivity contribution in [3.63, 3.8) is 0 Å². The number of hydrogen-bond donors (Lipinski definition) is 0. The normalized spacial score (nSPS) is 25.0. The molecule has 0 bridgehead atoms. The quantitative estimate of drug-likeness (QED) is 0.417. The van der Waals surface area contributed by atoms with E-state index in [-0.39, 0.29) is 10.8 Å². The summed E-state index contributed by atoms with van der Waals surface area (Å²) in [6, 6.07) is 5.21. The Morgan fingerprint density at radius 1 is 0.833 bits per heavy atom. The summed E-state index contributed by atoms with van der Waals surface area (Å²) >= 11 is 0. The fraction of sp³-hybridized carbons (Fsp3) is 0.600. The zero-order valence-electron chi connectivity index (χ0n) is 20.6. The average molecular weight is 403 g/mol. The van der Waals surface area contributed by atoms with E-state index in [4.69, 9.17) is 0 Å². The summed E-state index contributed by atoms with van der Waals surface area (Å²) < 4.78 is 0. The minimum Gasteiger partial charge on any atom is -0.0654 e. The summed E-state index contributed by atoms with van der Waals surface area (Å²) in [5.41, 5.74) is 14.7. The fourth-order valence-corrected chi connectivity index (χ4v) is 6.79. The van der Waals surface area contributed by atoms with Crippen LogP contribution in [0, 0.1) is 5.41 Å². The molecule has 0 saturated heterocycles. The van der Waals surface area contributed by atoms with Gasteiger partial charge in [0, 0.05) is 10.8 Å². The number of aryl methyl sites for hydroxylation is 2. The lowest BCUT2D eigenvalue weighted by Gasteiger charge is -2.42. The van der Waals surface area contributed by atoms with E-state index in [1.54, 1.807) is 33.4 Å². The maximum Gasteiger partial charge on any atom is 0.0179 e. The summed E-state index contributed by atoms with van der Waals surface area (Å²) in [7, 11) is 0. The van der Waals surface area contributed by atoms with Crippen LogP contribution < -0.4 is 0 Å². The lowest BCUT2D eigenvalue weighted by atomic mass is 9.61. The summed E-state index contributed by atoms with van der Waals surface area (Å²) in [5.74, 6) is 0. The maximum absolute atomic E-state index is 2.65. The van der Waals surface area contributed by atoms with Crippen LogP contribution in [-0.2, 0) is 18.3 Å². The summed E-state index contributed by atoms with van der Waals surface area (Å²) in [5, 5.41) is 0. The van der Waals surface area contributed by atoms with Crippen molar-refractivity contribution in [3.05, 3.63) is 62.3 Å². The first kappa shape index (κ1) is 21.7. The van der Waals surface area contributed by atoms with E-state index in [1.807, 2.05) is 0 Å². The molecule has 0 aromatic heterocycles. The molecule has 0 aliphatic heterocycles. The van der Waals surface area contributed by atoms with Gasteiger partial charge in [-0.1, -0.05) is 68.0 Å². The lowest BCUT2D eigenvalue weighted by Crippen LogP contribution is -2.35. The molecule has 1 aromatic rings. The minimum absolute atomic E-state index is 0.174. The van der Waals surface area contributed by atoms with Crippen molar-refractivity contribution in [2.24, 2.45) is 5.41 Å². The number of rotatable bonds is 6. The highest BCUT2D eigenvalue weighted by molar-refractivity contribution is 5.71. The molecular weight excluding hydrogens is 360 g/mol. The molecule has 0 heterocycles. The van der Waals surface area contributed by atoms with E-state index in [1.165, 1.54) is 74.5 Å². The molecule has 3 aliphatic carbocycles. The standard InChI is InChI=1S/C30H42/c1-8-9-12-15-30(19-29(7)23(5)21(3)22(4)24(29)6)20(2)16-27-17-25-13-10-11-14-26(25)18-28(27)30/h16-18H,8-15,19H2,1-7H3. The van der Waals surface area contributed by atoms with Crippen molar-refractivity contribution < 1.29 is 0 Å². The van der Waals surface area contributed by atoms with Gasteiger partial charge in [0.2, 0.25) is 0 Å². The van der Waals surface area contributed by atoms with E-state index in [2.05, 4.69) is 66.7 Å². The first-order chi connectivity index (χ1) is 14.2. The Hall–Kier alpha value is -1.56. The van der Waals surface area contributed by atoms with E-state index >= 15 is 0 Å². The molecule has 0 amide bonds. The molecule has 0 nitrogen and oxygen atoms in total. The third-order valence-corrected chi connectivity index (χ3v) is 9.36. The first-order valence-electron chi connectivity index (χ1n) is 12.5. The molecule has 1 aromatic carbocycles. The maximum atomic E-state index is 2.65. The molecule has 3 aliphatic rings. The molecule has 1 unspecified atom stereocenters. The SMILES string of the molecule is CCCCCC1(CC2(C)C(C)=C(C)C(C)=C2C)C(C)=Cc2cc3c(cc21)CCCC3. The second-order valence-electron chi connectivity index (χ2n) is 10.8. The van der Waals surface area contributed by atoms with Crippen molar-refractivity contribution in [3.8, 4) is 0 Å². The van der Waals surface area contributed by atoms with Gasteiger partial charge in [0.05, 0.1) is 0 Å².